The van der Waals surface area contributed by atoms with E-state index in [2.05, 4.69) is 20.9 Å². The molecule has 0 radical (unpaired) electrons. The van der Waals surface area contributed by atoms with Crippen LogP contribution in [-0.2, 0) is 10.0 Å². The SMILES string of the molecule is COc1ccccc1S(=O)(=O)N(C)C[C@H]1Oc2ncc(Br)cc2C(=O)N([C@@H](C)CO)C[C@H]1C. The molecule has 1 N–H and O–H groups in total. The number of fused-ring (bicyclic) bond motifs is 1. The molecule has 0 unspecified atom stereocenters. The van der Waals surface area contributed by atoms with Crippen molar-refractivity contribution in [3.63, 3.8) is 0 Å². The summed E-state index contributed by atoms with van der Waals surface area (Å²) in [6.07, 6.45) is 0.915. The fraction of sp³-hybridized carbons (Fsp3) is 0.455. The van der Waals surface area contributed by atoms with Gasteiger partial charge in [-0.1, -0.05) is 19.1 Å². The molecule has 1 aromatic carbocycles. The fourth-order valence-electron chi connectivity index (χ4n) is 3.65. The number of ether oxygens (including phenoxy) is 2. The Hall–Kier alpha value is -2.21. The zero-order valence-corrected chi connectivity index (χ0v) is 21.3. The van der Waals surface area contributed by atoms with Gasteiger partial charge in [-0.05, 0) is 41.1 Å². The summed E-state index contributed by atoms with van der Waals surface area (Å²) in [6, 6.07) is 7.60. The Labute approximate surface area is 202 Å². The maximum Gasteiger partial charge on any atom is 0.259 e. The number of carbonyl (C=O) groups excluding carboxylic acids is 1. The topological polar surface area (TPSA) is 109 Å². The number of carbonyl (C=O) groups is 1. The van der Waals surface area contributed by atoms with Gasteiger partial charge in [0.25, 0.3) is 5.91 Å². The second-order valence-corrected chi connectivity index (χ2v) is 11.0. The number of hydrogen-bond donors (Lipinski definition) is 1. The summed E-state index contributed by atoms with van der Waals surface area (Å²) < 4.78 is 39.7. The first-order chi connectivity index (χ1) is 15.6. The Balaban J connectivity index is 1.96. The molecule has 0 bridgehead atoms. The van der Waals surface area contributed by atoms with Crippen LogP contribution < -0.4 is 9.47 Å². The maximum atomic E-state index is 13.3. The zero-order valence-electron chi connectivity index (χ0n) is 18.9. The van der Waals surface area contributed by atoms with Crippen molar-refractivity contribution >= 4 is 31.9 Å². The lowest BCUT2D eigenvalue weighted by Gasteiger charge is -2.37. The predicted octanol–water partition coefficient (Wildman–Crippen LogP) is 2.39. The summed E-state index contributed by atoms with van der Waals surface area (Å²) in [4.78, 5) is 19.1. The lowest BCUT2D eigenvalue weighted by atomic mass is 10.0. The van der Waals surface area contributed by atoms with Gasteiger partial charge in [-0.25, -0.2) is 13.4 Å². The van der Waals surface area contributed by atoms with Crippen LogP contribution in [0, 0.1) is 5.92 Å². The molecule has 1 amide bonds. The van der Waals surface area contributed by atoms with E-state index in [9.17, 15) is 18.3 Å². The average molecular weight is 542 g/mol. The third kappa shape index (κ3) is 5.32. The molecule has 1 aromatic heterocycles. The minimum absolute atomic E-state index is 0.0221. The highest BCUT2D eigenvalue weighted by Crippen LogP contribution is 2.30. The number of rotatable bonds is 7. The number of methoxy groups -OCH3 is 1. The van der Waals surface area contributed by atoms with Crippen molar-refractivity contribution in [2.45, 2.75) is 30.9 Å². The van der Waals surface area contributed by atoms with Crippen LogP contribution in [-0.4, -0.2) is 79.6 Å². The second-order valence-electron chi connectivity index (χ2n) is 8.07. The first-order valence-electron chi connectivity index (χ1n) is 10.4. The van der Waals surface area contributed by atoms with Crippen LogP contribution in [0.25, 0.3) is 0 Å². The number of aromatic nitrogens is 1. The van der Waals surface area contributed by atoms with Crippen molar-refractivity contribution in [2.75, 3.05) is 33.9 Å². The van der Waals surface area contributed by atoms with Crippen molar-refractivity contribution in [1.82, 2.24) is 14.2 Å². The molecule has 1 aliphatic rings. The van der Waals surface area contributed by atoms with Crippen LogP contribution in [0.2, 0.25) is 0 Å². The number of nitrogens with zero attached hydrogens (tertiary/aromatic N) is 3. The Kier molecular flexibility index (Phi) is 7.99. The van der Waals surface area contributed by atoms with E-state index in [1.807, 2.05) is 6.92 Å². The molecule has 3 atom stereocenters. The van der Waals surface area contributed by atoms with E-state index in [-0.39, 0.29) is 53.6 Å². The molecule has 0 saturated carbocycles. The number of para-hydroxylation sites is 1. The Morgan fingerprint density at radius 3 is 2.76 bits per heavy atom. The third-order valence-corrected chi connectivity index (χ3v) is 7.98. The second kappa shape index (κ2) is 10.4. The van der Waals surface area contributed by atoms with Gasteiger partial charge in [-0.2, -0.15) is 4.31 Å². The molecule has 0 spiro atoms. The van der Waals surface area contributed by atoms with Crippen LogP contribution in [0.5, 0.6) is 11.6 Å². The first-order valence-corrected chi connectivity index (χ1v) is 12.7. The van der Waals surface area contributed by atoms with E-state index < -0.39 is 22.2 Å². The maximum absolute atomic E-state index is 13.3. The molecule has 0 fully saturated rings. The predicted molar refractivity (Wildman–Crippen MR) is 126 cm³/mol. The highest BCUT2D eigenvalue weighted by atomic mass is 79.9. The summed E-state index contributed by atoms with van der Waals surface area (Å²) in [5.41, 5.74) is 0.247. The Morgan fingerprint density at radius 1 is 1.39 bits per heavy atom. The van der Waals surface area contributed by atoms with E-state index in [4.69, 9.17) is 9.47 Å². The molecular formula is C22H28BrN3O6S. The van der Waals surface area contributed by atoms with Gasteiger partial charge in [0.15, 0.2) is 0 Å². The molecule has 33 heavy (non-hydrogen) atoms. The number of amides is 1. The van der Waals surface area contributed by atoms with Crippen LogP contribution >= 0.6 is 15.9 Å². The van der Waals surface area contributed by atoms with Crippen LogP contribution in [0.4, 0.5) is 0 Å². The van der Waals surface area contributed by atoms with Gasteiger partial charge >= 0.3 is 0 Å². The number of pyridine rings is 1. The van der Waals surface area contributed by atoms with Gasteiger partial charge in [0.2, 0.25) is 15.9 Å². The highest BCUT2D eigenvalue weighted by molar-refractivity contribution is 9.10. The Morgan fingerprint density at radius 2 is 2.09 bits per heavy atom. The van der Waals surface area contributed by atoms with E-state index in [1.54, 1.807) is 36.1 Å². The Bertz CT molecular complexity index is 1110. The van der Waals surface area contributed by atoms with Gasteiger partial charge in [-0.3, -0.25) is 4.79 Å². The molecule has 3 rings (SSSR count). The number of benzene rings is 1. The number of sulfonamides is 1. The summed E-state index contributed by atoms with van der Waals surface area (Å²) in [6.45, 7) is 3.73. The summed E-state index contributed by atoms with van der Waals surface area (Å²) in [5.74, 6) is -0.183. The van der Waals surface area contributed by atoms with Crippen molar-refractivity contribution in [3.05, 3.63) is 46.6 Å². The lowest BCUT2D eigenvalue weighted by molar-refractivity contribution is 0.0373. The smallest absolute Gasteiger partial charge is 0.259 e. The van der Waals surface area contributed by atoms with Gasteiger partial charge < -0.3 is 19.5 Å². The van der Waals surface area contributed by atoms with E-state index >= 15 is 0 Å². The van der Waals surface area contributed by atoms with Gasteiger partial charge in [-0.15, -0.1) is 0 Å². The number of aliphatic hydroxyl groups is 1. The third-order valence-electron chi connectivity index (χ3n) is 5.68. The van der Waals surface area contributed by atoms with Gasteiger partial charge in [0.05, 0.1) is 26.3 Å². The van der Waals surface area contributed by atoms with Crippen molar-refractivity contribution in [3.8, 4) is 11.6 Å². The lowest BCUT2D eigenvalue weighted by Crippen LogP contribution is -2.50. The molecule has 2 heterocycles. The van der Waals surface area contributed by atoms with E-state index in [0.29, 0.717) is 4.47 Å². The van der Waals surface area contributed by atoms with Gasteiger partial charge in [0.1, 0.15) is 22.3 Å². The molecule has 180 valence electrons. The molecule has 11 heteroatoms. The van der Waals surface area contributed by atoms with E-state index in [1.165, 1.54) is 30.7 Å². The minimum atomic E-state index is -3.88. The highest BCUT2D eigenvalue weighted by Gasteiger charge is 2.36. The minimum Gasteiger partial charge on any atom is -0.495 e. The number of likely N-dealkylation sites (N-methyl/N-ethyl adjacent to an activating group) is 1. The van der Waals surface area contributed by atoms with Crippen LogP contribution in [0.3, 0.4) is 0 Å². The number of halogens is 1. The fourth-order valence-corrected chi connectivity index (χ4v) is 5.31. The molecule has 1 aliphatic heterocycles. The van der Waals surface area contributed by atoms with Crippen LogP contribution in [0.1, 0.15) is 24.2 Å². The molecule has 2 aromatic rings. The van der Waals surface area contributed by atoms with Crippen molar-refractivity contribution in [2.24, 2.45) is 5.92 Å². The van der Waals surface area contributed by atoms with Crippen LogP contribution in [0.15, 0.2) is 45.9 Å². The molecule has 0 aliphatic carbocycles. The molecule has 9 nitrogen and oxygen atoms in total. The quantitative estimate of drug-likeness (QED) is 0.573. The first kappa shape index (κ1) is 25.4. The van der Waals surface area contributed by atoms with Crippen molar-refractivity contribution < 1.29 is 27.8 Å². The van der Waals surface area contributed by atoms with E-state index in [0.717, 1.165) is 0 Å². The van der Waals surface area contributed by atoms with Crippen molar-refractivity contribution in [1.29, 1.82) is 0 Å². The summed E-state index contributed by atoms with van der Waals surface area (Å²) in [5, 5.41) is 9.70. The molecular weight excluding hydrogens is 514 g/mol. The summed E-state index contributed by atoms with van der Waals surface area (Å²) >= 11 is 3.33. The largest absolute Gasteiger partial charge is 0.495 e. The van der Waals surface area contributed by atoms with Gasteiger partial charge in [0, 0.05) is 30.2 Å². The zero-order chi connectivity index (χ0) is 24.3. The number of aliphatic hydroxyl groups excluding tert-OH is 1. The monoisotopic (exact) mass is 541 g/mol. The normalized spacial score (nSPS) is 20.0. The number of hydrogen-bond acceptors (Lipinski definition) is 7. The average Bonchev–Trinajstić information content (AvgIpc) is 2.81. The molecule has 0 saturated heterocycles. The summed E-state index contributed by atoms with van der Waals surface area (Å²) in [7, 11) is -0.977. The standard InChI is InChI=1S/C22H28BrN3O6S/c1-14-11-26(15(2)13-27)22(28)17-9-16(23)10-24-21(17)32-19(14)12-25(3)33(29,30)20-8-6-5-7-18(20)31-4/h5-10,14-15,19,27H,11-13H2,1-4H3/t14-,15+,19-/m1/s1.